The Balaban J connectivity index is 3.28. The third-order valence-corrected chi connectivity index (χ3v) is 10.7. The monoisotopic (exact) mass is 396 g/mol. The molecule has 26 heavy (non-hydrogen) atoms. The number of carboxylic acid groups (broad SMARTS) is 1. The topological polar surface area (TPSA) is 108 Å². The molecule has 0 aliphatic heterocycles. The summed E-state index contributed by atoms with van der Waals surface area (Å²) in [5.41, 5.74) is 9.20. The van der Waals surface area contributed by atoms with Crippen LogP contribution in [0.4, 0.5) is 0 Å². The molecule has 7 nitrogen and oxygen atoms in total. The van der Waals surface area contributed by atoms with Crippen LogP contribution in [0.5, 0.6) is 0 Å². The number of thioether (sulfide) groups is 1. The summed E-state index contributed by atoms with van der Waals surface area (Å²) in [5, 5.41) is 13.6. The summed E-state index contributed by atoms with van der Waals surface area (Å²) in [4.78, 5) is 19.3. The largest absolute Gasteiger partial charge is 0.480 e. The number of aliphatic carboxylic acids is 1. The van der Waals surface area contributed by atoms with Gasteiger partial charge in [-0.25, -0.2) is 0 Å². The van der Waals surface area contributed by atoms with Crippen LogP contribution >= 0.6 is 11.8 Å². The van der Waals surface area contributed by atoms with E-state index in [4.69, 9.17) is 9.96 Å². The number of rotatable bonds is 9. The Labute approximate surface area is 160 Å². The fourth-order valence-electron chi connectivity index (χ4n) is 2.36. The lowest BCUT2D eigenvalue weighted by Crippen LogP contribution is -2.47. The molecule has 1 aromatic heterocycles. The van der Waals surface area contributed by atoms with Gasteiger partial charge in [0, 0.05) is 17.5 Å². The molecule has 0 saturated heterocycles. The first kappa shape index (κ1) is 22.5. The molecule has 2 atom stereocenters. The minimum atomic E-state index is -2.17. The highest BCUT2D eigenvalue weighted by Gasteiger charge is 2.46. The fraction of sp³-hybridized carbons (Fsp3) is 0.647. The molecule has 1 rings (SSSR count). The molecule has 0 fully saturated rings. The first-order valence-electron chi connectivity index (χ1n) is 8.39. The van der Waals surface area contributed by atoms with Crippen LogP contribution in [0.15, 0.2) is 29.5 Å². The van der Waals surface area contributed by atoms with Gasteiger partial charge in [0.2, 0.25) is 0 Å². The first-order valence-corrected chi connectivity index (χ1v) is 12.5. The van der Waals surface area contributed by atoms with Crippen molar-refractivity contribution >= 4 is 26.0 Å². The van der Waals surface area contributed by atoms with Gasteiger partial charge in [0.15, 0.2) is 13.1 Å². The van der Waals surface area contributed by atoms with Crippen molar-refractivity contribution in [2.75, 3.05) is 12.8 Å². The van der Waals surface area contributed by atoms with E-state index in [1.807, 2.05) is 0 Å². The lowest BCUT2D eigenvalue weighted by atomic mass is 9.96. The average Bonchev–Trinajstić information content (AvgIpc) is 2.56. The minimum absolute atomic E-state index is 0.0438. The molecule has 1 aromatic rings. The normalized spacial score (nSPS) is 15.6. The molecule has 0 spiro atoms. The zero-order valence-electron chi connectivity index (χ0n) is 16.3. The molecule has 2 unspecified atom stereocenters. The molecule has 0 aliphatic rings. The molecular formula is C17H28N4O3SSi. The number of pyridine rings is 1. The Morgan fingerprint density at radius 3 is 2.54 bits per heavy atom. The summed E-state index contributed by atoms with van der Waals surface area (Å²) < 4.78 is 5.14. The van der Waals surface area contributed by atoms with Crippen LogP contribution in [-0.2, 0) is 14.0 Å². The van der Waals surface area contributed by atoms with Crippen LogP contribution in [0.3, 0.4) is 0 Å². The van der Waals surface area contributed by atoms with Gasteiger partial charge >= 0.3 is 5.97 Å². The second-order valence-corrected chi connectivity index (χ2v) is 13.5. The highest BCUT2D eigenvalue weighted by atomic mass is 32.2. The van der Waals surface area contributed by atoms with E-state index in [1.165, 1.54) is 11.8 Å². The summed E-state index contributed by atoms with van der Waals surface area (Å²) in [6.45, 7) is 10.6. The third-order valence-electron chi connectivity index (χ3n) is 4.90. The summed E-state index contributed by atoms with van der Waals surface area (Å²) in [6.07, 6.45) is 3.00. The standard InChI is InChI=1S/C17H28N4O3SSi/c1-16(2,3)26(5,6)24-13(12-20-21-18)11-17(25-4,15(22)23)14-9-7-8-10-19-14/h7-10,13H,11-12H2,1-6H3,(H,22,23). The summed E-state index contributed by atoms with van der Waals surface area (Å²) in [7, 11) is -2.17. The zero-order valence-corrected chi connectivity index (χ0v) is 18.1. The SMILES string of the molecule is CSC(CC(CN=[N+]=[N-])O[Si](C)(C)C(C)(C)C)(C(=O)O)c1ccccn1. The molecule has 0 saturated carbocycles. The molecule has 1 heterocycles. The van der Waals surface area contributed by atoms with Gasteiger partial charge in [-0.05, 0) is 42.1 Å². The first-order chi connectivity index (χ1) is 12.0. The number of carboxylic acids is 1. The lowest BCUT2D eigenvalue weighted by Gasteiger charge is -2.41. The van der Waals surface area contributed by atoms with Crippen LogP contribution in [0.2, 0.25) is 18.1 Å². The number of hydrogen-bond donors (Lipinski definition) is 1. The maximum Gasteiger partial charge on any atom is 0.326 e. The average molecular weight is 397 g/mol. The van der Waals surface area contributed by atoms with Gasteiger partial charge in [-0.3, -0.25) is 9.78 Å². The molecule has 0 amide bonds. The van der Waals surface area contributed by atoms with E-state index < -0.39 is 25.1 Å². The smallest absolute Gasteiger partial charge is 0.326 e. The maximum absolute atomic E-state index is 12.2. The van der Waals surface area contributed by atoms with Crippen molar-refractivity contribution in [2.45, 2.75) is 56.2 Å². The van der Waals surface area contributed by atoms with E-state index in [2.05, 4.69) is 48.9 Å². The molecule has 0 aliphatic carbocycles. The highest BCUT2D eigenvalue weighted by Crippen LogP contribution is 2.42. The molecular weight excluding hydrogens is 368 g/mol. The molecule has 0 aromatic carbocycles. The summed E-state index contributed by atoms with van der Waals surface area (Å²) >= 11 is 1.21. The van der Waals surface area contributed by atoms with E-state index in [0.29, 0.717) is 5.69 Å². The Bertz CT molecular complexity index is 660. The molecule has 1 N–H and O–H groups in total. The van der Waals surface area contributed by atoms with Crippen molar-refractivity contribution in [1.29, 1.82) is 0 Å². The third kappa shape index (κ3) is 5.23. The van der Waals surface area contributed by atoms with Gasteiger partial charge in [0.1, 0.15) is 0 Å². The van der Waals surface area contributed by atoms with E-state index in [9.17, 15) is 9.90 Å². The van der Waals surface area contributed by atoms with E-state index in [0.717, 1.165) is 0 Å². The van der Waals surface area contributed by atoms with Gasteiger partial charge in [0.05, 0.1) is 18.3 Å². The second-order valence-electron chi connectivity index (χ2n) is 7.67. The van der Waals surface area contributed by atoms with Gasteiger partial charge in [0.25, 0.3) is 0 Å². The highest BCUT2D eigenvalue weighted by molar-refractivity contribution is 8.00. The number of azide groups is 1. The predicted molar refractivity (Wildman–Crippen MR) is 108 cm³/mol. The van der Waals surface area contributed by atoms with Crippen molar-refractivity contribution in [3.63, 3.8) is 0 Å². The lowest BCUT2D eigenvalue weighted by molar-refractivity contribution is -0.141. The van der Waals surface area contributed by atoms with Crippen molar-refractivity contribution in [3.05, 3.63) is 40.5 Å². The van der Waals surface area contributed by atoms with Crippen molar-refractivity contribution in [3.8, 4) is 0 Å². The maximum atomic E-state index is 12.2. The second kappa shape index (κ2) is 8.90. The Morgan fingerprint density at radius 1 is 1.46 bits per heavy atom. The van der Waals surface area contributed by atoms with Crippen molar-refractivity contribution < 1.29 is 14.3 Å². The number of hydrogen-bond acceptors (Lipinski definition) is 5. The Morgan fingerprint density at radius 2 is 2.12 bits per heavy atom. The van der Waals surface area contributed by atoms with Crippen LogP contribution in [0.25, 0.3) is 10.4 Å². The van der Waals surface area contributed by atoms with Gasteiger partial charge in [-0.1, -0.05) is 32.0 Å². The molecule has 144 valence electrons. The Hall–Kier alpha value is -1.54. The van der Waals surface area contributed by atoms with E-state index in [-0.39, 0.29) is 18.0 Å². The minimum Gasteiger partial charge on any atom is -0.480 e. The molecule has 0 radical (unpaired) electrons. The number of nitrogens with zero attached hydrogens (tertiary/aromatic N) is 4. The summed E-state index contributed by atoms with van der Waals surface area (Å²) in [5.74, 6) is -0.978. The van der Waals surface area contributed by atoms with Crippen LogP contribution in [0.1, 0.15) is 32.9 Å². The quantitative estimate of drug-likeness (QED) is 0.279. The number of carbonyl (C=O) groups is 1. The summed E-state index contributed by atoms with van der Waals surface area (Å²) in [6, 6.07) is 5.23. The Kier molecular flexibility index (Phi) is 7.70. The zero-order chi connectivity index (χ0) is 20.0. The molecule has 0 bridgehead atoms. The van der Waals surface area contributed by atoms with Crippen LogP contribution in [-0.4, -0.2) is 43.3 Å². The van der Waals surface area contributed by atoms with Crippen molar-refractivity contribution in [2.24, 2.45) is 5.11 Å². The number of aromatic nitrogens is 1. The van der Waals surface area contributed by atoms with Gasteiger partial charge in [-0.2, -0.15) is 0 Å². The van der Waals surface area contributed by atoms with Gasteiger partial charge < -0.3 is 9.53 Å². The predicted octanol–water partition coefficient (Wildman–Crippen LogP) is 4.82. The van der Waals surface area contributed by atoms with E-state index in [1.54, 1.807) is 30.7 Å². The van der Waals surface area contributed by atoms with Crippen LogP contribution < -0.4 is 0 Å². The molecule has 9 heteroatoms. The van der Waals surface area contributed by atoms with Gasteiger partial charge in [-0.15, -0.1) is 11.8 Å². The fourth-order valence-corrected chi connectivity index (χ4v) is 4.57. The van der Waals surface area contributed by atoms with E-state index >= 15 is 0 Å². The van der Waals surface area contributed by atoms with Crippen LogP contribution in [0, 0.1) is 0 Å². The van der Waals surface area contributed by atoms with Crippen molar-refractivity contribution in [1.82, 2.24) is 4.98 Å².